The number of carboxylic acid groups (broad SMARTS) is 1. The maximum atomic E-state index is 12.4. The second-order valence-electron chi connectivity index (χ2n) is 7.61. The van der Waals surface area contributed by atoms with E-state index in [9.17, 15) is 14.7 Å². The summed E-state index contributed by atoms with van der Waals surface area (Å²) < 4.78 is 0. The fraction of sp³-hybridized carbons (Fsp3) is 0.500. The minimum absolute atomic E-state index is 0.000371. The number of rotatable bonds is 12. The lowest BCUT2D eigenvalue weighted by molar-refractivity contribution is -0.137. The van der Waals surface area contributed by atoms with Crippen LogP contribution in [0.3, 0.4) is 0 Å². The van der Waals surface area contributed by atoms with Crippen LogP contribution in [-0.4, -0.2) is 28.1 Å². The Hall–Kier alpha value is -2.20. The minimum Gasteiger partial charge on any atom is -0.481 e. The molecule has 0 spiro atoms. The zero-order valence-electron chi connectivity index (χ0n) is 16.7. The molecule has 0 heterocycles. The summed E-state index contributed by atoms with van der Waals surface area (Å²) in [5.74, 6) is -0.814. The van der Waals surface area contributed by atoms with Gasteiger partial charge in [-0.3, -0.25) is 9.59 Å². The Bertz CT molecular complexity index is 704. The third kappa shape index (κ3) is 7.08. The maximum Gasteiger partial charge on any atom is 0.303 e. The van der Waals surface area contributed by atoms with E-state index in [0.29, 0.717) is 19.3 Å². The fourth-order valence-corrected chi connectivity index (χ4v) is 3.71. The number of carbonyl (C=O) groups excluding carboxylic acids is 1. The predicted octanol–water partition coefficient (Wildman–Crippen LogP) is 4.51. The number of ketones is 1. The molecule has 0 aromatic heterocycles. The van der Waals surface area contributed by atoms with E-state index in [1.165, 1.54) is 0 Å². The summed E-state index contributed by atoms with van der Waals surface area (Å²) in [6, 6.07) is 7.97. The van der Waals surface area contributed by atoms with Crippen LogP contribution in [0.5, 0.6) is 0 Å². The molecule has 1 aromatic carbocycles. The number of aliphatic hydroxyl groups is 1. The number of unbranched alkanes of at least 4 members (excludes halogenated alkanes) is 2. The van der Waals surface area contributed by atoms with E-state index in [-0.39, 0.29) is 24.0 Å². The molecule has 2 rings (SSSR count). The summed E-state index contributed by atoms with van der Waals surface area (Å²) in [7, 11) is 0. The highest BCUT2D eigenvalue weighted by Gasteiger charge is 2.29. The molecule has 0 radical (unpaired) electrons. The van der Waals surface area contributed by atoms with E-state index in [4.69, 9.17) is 5.11 Å². The summed E-state index contributed by atoms with van der Waals surface area (Å²) in [6.07, 6.45) is 13.0. The van der Waals surface area contributed by atoms with Gasteiger partial charge in [-0.15, -0.1) is 0 Å². The van der Waals surface area contributed by atoms with Crippen LogP contribution in [0.25, 0.3) is 0 Å². The van der Waals surface area contributed by atoms with Crippen molar-refractivity contribution in [3.05, 3.63) is 59.7 Å². The van der Waals surface area contributed by atoms with Crippen molar-refractivity contribution >= 4 is 11.8 Å². The molecule has 1 aliphatic rings. The van der Waals surface area contributed by atoms with Crippen molar-refractivity contribution in [3.63, 3.8) is 0 Å². The summed E-state index contributed by atoms with van der Waals surface area (Å²) in [4.78, 5) is 23.2. The van der Waals surface area contributed by atoms with Crippen molar-refractivity contribution in [3.8, 4) is 0 Å². The van der Waals surface area contributed by atoms with Gasteiger partial charge in [-0.25, -0.2) is 0 Å². The average molecular weight is 385 g/mol. The quantitative estimate of drug-likeness (QED) is 0.411. The van der Waals surface area contributed by atoms with Crippen molar-refractivity contribution in [2.45, 2.75) is 64.4 Å². The lowest BCUT2D eigenvalue weighted by Gasteiger charge is -2.18. The van der Waals surface area contributed by atoms with Crippen LogP contribution < -0.4 is 0 Å². The zero-order chi connectivity index (χ0) is 20.4. The lowest BCUT2D eigenvalue weighted by atomic mass is 9.85. The highest BCUT2D eigenvalue weighted by Crippen LogP contribution is 2.29. The first kappa shape index (κ1) is 22.1. The minimum atomic E-state index is -0.782. The van der Waals surface area contributed by atoms with Gasteiger partial charge in [0.1, 0.15) is 0 Å². The highest BCUT2D eigenvalue weighted by atomic mass is 16.4. The van der Waals surface area contributed by atoms with Gasteiger partial charge in [0, 0.05) is 18.3 Å². The number of carboxylic acids is 1. The molecule has 0 saturated carbocycles. The van der Waals surface area contributed by atoms with E-state index in [1.807, 2.05) is 42.5 Å². The molecule has 4 heteroatoms. The molecule has 28 heavy (non-hydrogen) atoms. The molecule has 152 valence electrons. The third-order valence-corrected chi connectivity index (χ3v) is 5.37. The van der Waals surface area contributed by atoms with E-state index in [1.54, 1.807) is 6.08 Å². The van der Waals surface area contributed by atoms with Gasteiger partial charge in [0.25, 0.3) is 0 Å². The molecular weight excluding hydrogens is 352 g/mol. The largest absolute Gasteiger partial charge is 0.481 e. The number of aryl methyl sites for hydroxylation is 1. The van der Waals surface area contributed by atoms with Crippen LogP contribution in [0.2, 0.25) is 0 Å². The van der Waals surface area contributed by atoms with E-state index < -0.39 is 12.1 Å². The predicted molar refractivity (Wildman–Crippen MR) is 111 cm³/mol. The maximum absolute atomic E-state index is 12.4. The summed E-state index contributed by atoms with van der Waals surface area (Å²) in [5, 5.41) is 19.0. The van der Waals surface area contributed by atoms with Gasteiger partial charge < -0.3 is 10.2 Å². The second kappa shape index (κ2) is 11.6. The SMILES string of the molecule is CCCCC[C@H](O)C=C[C@@H]1C=CC(=O)[C@@H]1Cc1ccccc1CCCC(=O)O. The molecule has 0 bridgehead atoms. The molecule has 1 aromatic rings. The molecule has 0 saturated heterocycles. The third-order valence-electron chi connectivity index (χ3n) is 5.37. The zero-order valence-corrected chi connectivity index (χ0v) is 16.7. The van der Waals surface area contributed by atoms with Crippen molar-refractivity contribution in [2.24, 2.45) is 11.8 Å². The van der Waals surface area contributed by atoms with Crippen LogP contribution >= 0.6 is 0 Å². The molecule has 0 unspecified atom stereocenters. The molecule has 0 aliphatic heterocycles. The van der Waals surface area contributed by atoms with Gasteiger partial charge >= 0.3 is 5.97 Å². The summed E-state index contributed by atoms with van der Waals surface area (Å²) in [6.45, 7) is 2.14. The molecular formula is C24H32O4. The van der Waals surface area contributed by atoms with E-state index >= 15 is 0 Å². The molecule has 2 N–H and O–H groups in total. The topological polar surface area (TPSA) is 74.6 Å². The van der Waals surface area contributed by atoms with Gasteiger partial charge in [0.2, 0.25) is 0 Å². The number of benzene rings is 1. The Morgan fingerprint density at radius 3 is 2.64 bits per heavy atom. The number of carbonyl (C=O) groups is 2. The van der Waals surface area contributed by atoms with Crippen molar-refractivity contribution < 1.29 is 19.8 Å². The first-order chi connectivity index (χ1) is 13.5. The smallest absolute Gasteiger partial charge is 0.303 e. The van der Waals surface area contributed by atoms with Gasteiger partial charge in [0.05, 0.1) is 6.10 Å². The van der Waals surface area contributed by atoms with Crippen molar-refractivity contribution in [1.82, 2.24) is 0 Å². The monoisotopic (exact) mass is 384 g/mol. The molecule has 4 nitrogen and oxygen atoms in total. The van der Waals surface area contributed by atoms with Crippen LogP contribution in [0.1, 0.15) is 56.6 Å². The summed E-state index contributed by atoms with van der Waals surface area (Å²) in [5.41, 5.74) is 2.22. The second-order valence-corrected chi connectivity index (χ2v) is 7.61. The van der Waals surface area contributed by atoms with E-state index in [2.05, 4.69) is 6.92 Å². The molecule has 0 amide bonds. The normalized spacial score (nSPS) is 20.1. The Balaban J connectivity index is 1.99. The van der Waals surface area contributed by atoms with Gasteiger partial charge in [-0.05, 0) is 42.9 Å². The van der Waals surface area contributed by atoms with Crippen molar-refractivity contribution in [2.75, 3.05) is 0 Å². The Morgan fingerprint density at radius 1 is 1.18 bits per heavy atom. The first-order valence-corrected chi connectivity index (χ1v) is 10.4. The Morgan fingerprint density at radius 2 is 1.93 bits per heavy atom. The molecule has 1 aliphatic carbocycles. The number of allylic oxidation sites excluding steroid dienone is 3. The first-order valence-electron chi connectivity index (χ1n) is 10.4. The van der Waals surface area contributed by atoms with Crippen LogP contribution in [0.4, 0.5) is 0 Å². The number of aliphatic carboxylic acids is 1. The van der Waals surface area contributed by atoms with Crippen LogP contribution in [0.15, 0.2) is 48.6 Å². The van der Waals surface area contributed by atoms with Crippen LogP contribution in [0, 0.1) is 11.8 Å². The van der Waals surface area contributed by atoms with Gasteiger partial charge in [-0.1, -0.05) is 68.7 Å². The lowest BCUT2D eigenvalue weighted by Crippen LogP contribution is -2.18. The number of hydrogen-bond donors (Lipinski definition) is 2. The summed E-state index contributed by atoms with van der Waals surface area (Å²) >= 11 is 0. The van der Waals surface area contributed by atoms with Crippen LogP contribution in [-0.2, 0) is 22.4 Å². The Labute approximate surface area is 168 Å². The van der Waals surface area contributed by atoms with E-state index in [0.717, 1.165) is 36.8 Å². The molecule has 3 atom stereocenters. The van der Waals surface area contributed by atoms with Crippen molar-refractivity contribution in [1.29, 1.82) is 0 Å². The number of aliphatic hydroxyl groups excluding tert-OH is 1. The molecule has 0 fully saturated rings. The fourth-order valence-electron chi connectivity index (χ4n) is 3.71. The van der Waals surface area contributed by atoms with Gasteiger partial charge in [0.15, 0.2) is 5.78 Å². The van der Waals surface area contributed by atoms with Gasteiger partial charge in [-0.2, -0.15) is 0 Å². The standard InChI is InChI=1S/C24H32O4/c1-2-3-4-11-21(25)15-13-19-14-16-23(26)22(19)17-20-9-6-5-8-18(20)10-7-12-24(27)28/h5-6,8-9,13-16,19,21-22,25H,2-4,7,10-12,17H2,1H3,(H,27,28)/t19-,21+,22-/m1/s1. The average Bonchev–Trinajstić information content (AvgIpc) is 3.01. The highest BCUT2D eigenvalue weighted by molar-refractivity contribution is 5.95. The Kier molecular flexibility index (Phi) is 9.15. The number of hydrogen-bond acceptors (Lipinski definition) is 3.